The summed E-state index contributed by atoms with van der Waals surface area (Å²) < 4.78 is 0. The Bertz CT molecular complexity index is 336. The molecule has 5 fully saturated rings. The molecule has 1 amide bonds. The molecule has 2 heteroatoms. The molecule has 0 heterocycles. The molecule has 0 spiro atoms. The highest BCUT2D eigenvalue weighted by Crippen LogP contribution is 2.60. The van der Waals surface area contributed by atoms with Crippen molar-refractivity contribution in [3.63, 3.8) is 0 Å². The van der Waals surface area contributed by atoms with Crippen LogP contribution >= 0.6 is 0 Å². The zero-order valence-corrected chi connectivity index (χ0v) is 11.5. The van der Waals surface area contributed by atoms with Gasteiger partial charge in [0.05, 0.1) is 5.41 Å². The lowest BCUT2D eigenvalue weighted by molar-refractivity contribution is -0.158. The highest BCUT2D eigenvalue weighted by atomic mass is 16.2. The van der Waals surface area contributed by atoms with Crippen LogP contribution < -0.4 is 0 Å². The summed E-state index contributed by atoms with van der Waals surface area (Å²) >= 11 is 0. The van der Waals surface area contributed by atoms with Crippen LogP contribution in [0.2, 0.25) is 0 Å². The lowest BCUT2D eigenvalue weighted by Gasteiger charge is -2.56. The number of amides is 1. The van der Waals surface area contributed by atoms with Crippen molar-refractivity contribution >= 4 is 5.91 Å². The van der Waals surface area contributed by atoms with Gasteiger partial charge in [-0.15, -0.1) is 0 Å². The van der Waals surface area contributed by atoms with Gasteiger partial charge in [0, 0.05) is 12.6 Å². The average Bonchev–Trinajstić information content (AvgIpc) is 3.12. The normalized spacial score (nSPS) is 45.3. The van der Waals surface area contributed by atoms with Crippen LogP contribution in [-0.4, -0.2) is 23.4 Å². The number of hydrogen-bond acceptors (Lipinski definition) is 1. The van der Waals surface area contributed by atoms with Gasteiger partial charge in [0.15, 0.2) is 0 Å². The van der Waals surface area contributed by atoms with Gasteiger partial charge in [-0.25, -0.2) is 0 Å². The second-order valence-electron chi connectivity index (χ2n) is 7.52. The third kappa shape index (κ3) is 1.57. The maximum Gasteiger partial charge on any atom is 0.229 e. The Labute approximate surface area is 110 Å². The molecule has 0 atom stereocenters. The third-order valence-electron chi connectivity index (χ3n) is 6.08. The van der Waals surface area contributed by atoms with Crippen LogP contribution in [0.5, 0.6) is 0 Å². The molecule has 0 saturated heterocycles. The zero-order valence-electron chi connectivity index (χ0n) is 11.5. The first-order valence-corrected chi connectivity index (χ1v) is 8.01. The molecule has 5 saturated carbocycles. The second kappa shape index (κ2) is 3.74. The quantitative estimate of drug-likeness (QED) is 0.750. The fourth-order valence-electron chi connectivity index (χ4n) is 5.63. The molecule has 0 aromatic carbocycles. The molecule has 5 aliphatic rings. The van der Waals surface area contributed by atoms with Crippen molar-refractivity contribution in [3.8, 4) is 0 Å². The molecule has 0 aliphatic heterocycles. The summed E-state index contributed by atoms with van der Waals surface area (Å²) in [5, 5.41) is 0. The molecule has 0 aromatic heterocycles. The molecule has 0 unspecified atom stereocenters. The van der Waals surface area contributed by atoms with Crippen LogP contribution in [0.25, 0.3) is 0 Å². The minimum absolute atomic E-state index is 0.0906. The van der Waals surface area contributed by atoms with Gasteiger partial charge in [-0.2, -0.15) is 0 Å². The van der Waals surface area contributed by atoms with Crippen LogP contribution in [-0.2, 0) is 4.79 Å². The van der Waals surface area contributed by atoms with Gasteiger partial charge in [-0.1, -0.05) is 0 Å². The van der Waals surface area contributed by atoms with E-state index in [4.69, 9.17) is 0 Å². The first kappa shape index (κ1) is 11.3. The van der Waals surface area contributed by atoms with Crippen LogP contribution in [0.15, 0.2) is 0 Å². The number of hydrogen-bond donors (Lipinski definition) is 0. The SMILES string of the molecule is CCN(C(=O)C12CC3CC(CC(C3)C1)C2)C1CC1. The molecular formula is C16H25NO. The predicted octanol–water partition coefficient (Wildman–Crippen LogP) is 3.21. The van der Waals surface area contributed by atoms with Crippen LogP contribution in [0.1, 0.15) is 58.3 Å². The van der Waals surface area contributed by atoms with Gasteiger partial charge >= 0.3 is 0 Å². The van der Waals surface area contributed by atoms with Crippen molar-refractivity contribution in [3.05, 3.63) is 0 Å². The van der Waals surface area contributed by atoms with E-state index >= 15 is 0 Å². The number of nitrogens with zero attached hydrogens (tertiary/aromatic N) is 1. The van der Waals surface area contributed by atoms with Crippen LogP contribution in [0, 0.1) is 23.2 Å². The molecule has 0 N–H and O–H groups in total. The van der Waals surface area contributed by atoms with E-state index in [1.807, 2.05) is 0 Å². The van der Waals surface area contributed by atoms with E-state index < -0.39 is 0 Å². The Kier molecular flexibility index (Phi) is 2.35. The summed E-state index contributed by atoms with van der Waals surface area (Å²) in [6, 6.07) is 0.607. The molecule has 100 valence electrons. The first-order chi connectivity index (χ1) is 8.70. The van der Waals surface area contributed by atoms with E-state index in [9.17, 15) is 4.79 Å². The lowest BCUT2D eigenvalue weighted by Crippen LogP contribution is -2.55. The summed E-state index contributed by atoms with van der Waals surface area (Å²) in [4.78, 5) is 15.3. The average molecular weight is 247 g/mol. The van der Waals surface area contributed by atoms with Crippen molar-refractivity contribution in [2.24, 2.45) is 23.2 Å². The Balaban J connectivity index is 1.60. The molecule has 4 bridgehead atoms. The monoisotopic (exact) mass is 247 g/mol. The maximum atomic E-state index is 13.0. The van der Waals surface area contributed by atoms with Crippen LogP contribution in [0.3, 0.4) is 0 Å². The van der Waals surface area contributed by atoms with Gasteiger partial charge in [-0.05, 0) is 76.0 Å². The molecule has 5 aliphatic carbocycles. The summed E-state index contributed by atoms with van der Waals surface area (Å²) in [6.45, 7) is 3.10. The minimum Gasteiger partial charge on any atom is -0.340 e. The summed E-state index contributed by atoms with van der Waals surface area (Å²) in [6.07, 6.45) is 10.5. The topological polar surface area (TPSA) is 20.3 Å². The lowest BCUT2D eigenvalue weighted by atomic mass is 9.49. The van der Waals surface area contributed by atoms with Gasteiger partial charge < -0.3 is 4.90 Å². The summed E-state index contributed by atoms with van der Waals surface area (Å²) in [7, 11) is 0. The maximum absolute atomic E-state index is 13.0. The highest BCUT2D eigenvalue weighted by Gasteiger charge is 2.56. The van der Waals surface area contributed by atoms with E-state index in [1.54, 1.807) is 0 Å². The van der Waals surface area contributed by atoms with E-state index in [0.29, 0.717) is 11.9 Å². The number of carbonyl (C=O) groups excluding carboxylic acids is 1. The molecular weight excluding hydrogens is 222 g/mol. The zero-order chi connectivity index (χ0) is 12.3. The van der Waals surface area contributed by atoms with Gasteiger partial charge in [-0.3, -0.25) is 4.79 Å². The molecule has 0 aromatic rings. The van der Waals surface area contributed by atoms with Gasteiger partial charge in [0.1, 0.15) is 0 Å². The van der Waals surface area contributed by atoms with Crippen molar-refractivity contribution in [1.82, 2.24) is 4.90 Å². The molecule has 5 rings (SSSR count). The third-order valence-corrected chi connectivity index (χ3v) is 6.08. The predicted molar refractivity (Wildman–Crippen MR) is 71.0 cm³/mol. The molecule has 2 nitrogen and oxygen atoms in total. The fraction of sp³-hybridized carbons (Fsp3) is 0.938. The minimum atomic E-state index is 0.0906. The number of carbonyl (C=O) groups is 1. The first-order valence-electron chi connectivity index (χ1n) is 8.01. The van der Waals surface area contributed by atoms with Crippen molar-refractivity contribution < 1.29 is 4.79 Å². The Hall–Kier alpha value is -0.530. The van der Waals surface area contributed by atoms with Crippen molar-refractivity contribution in [2.45, 2.75) is 64.3 Å². The Morgan fingerprint density at radius 1 is 1.06 bits per heavy atom. The largest absolute Gasteiger partial charge is 0.340 e. The smallest absolute Gasteiger partial charge is 0.229 e. The summed E-state index contributed by atoms with van der Waals surface area (Å²) in [5.74, 6) is 3.21. The highest BCUT2D eigenvalue weighted by molar-refractivity contribution is 5.84. The second-order valence-corrected chi connectivity index (χ2v) is 7.52. The Morgan fingerprint density at radius 2 is 1.56 bits per heavy atom. The van der Waals surface area contributed by atoms with Gasteiger partial charge in [0.2, 0.25) is 5.91 Å². The van der Waals surface area contributed by atoms with E-state index in [-0.39, 0.29) is 5.41 Å². The Morgan fingerprint density at radius 3 is 1.94 bits per heavy atom. The van der Waals surface area contributed by atoms with Crippen molar-refractivity contribution in [2.75, 3.05) is 6.54 Å². The van der Waals surface area contributed by atoms with E-state index in [1.165, 1.54) is 51.4 Å². The van der Waals surface area contributed by atoms with E-state index in [2.05, 4.69) is 11.8 Å². The van der Waals surface area contributed by atoms with Crippen LogP contribution in [0.4, 0.5) is 0 Å². The summed E-state index contributed by atoms with van der Waals surface area (Å²) in [5.41, 5.74) is 0.0906. The van der Waals surface area contributed by atoms with E-state index in [0.717, 1.165) is 24.3 Å². The molecule has 18 heavy (non-hydrogen) atoms. The molecule has 0 radical (unpaired) electrons. The fourth-order valence-corrected chi connectivity index (χ4v) is 5.63. The van der Waals surface area contributed by atoms with Crippen molar-refractivity contribution in [1.29, 1.82) is 0 Å². The van der Waals surface area contributed by atoms with Gasteiger partial charge in [0.25, 0.3) is 0 Å². The number of rotatable bonds is 3. The standard InChI is InChI=1S/C16H25NO/c1-2-17(14-3-4-14)15(18)16-8-11-5-12(9-16)7-13(6-11)10-16/h11-14H,2-10H2,1H3.